The molecule has 200 valence electrons. The maximum Gasteiger partial charge on any atom is 0.329 e. The summed E-state index contributed by atoms with van der Waals surface area (Å²) in [6.07, 6.45) is 4.39. The summed E-state index contributed by atoms with van der Waals surface area (Å²) in [6, 6.07) is 15.2. The van der Waals surface area contributed by atoms with Crippen LogP contribution in [0.2, 0.25) is 0 Å². The van der Waals surface area contributed by atoms with E-state index in [0.717, 1.165) is 42.9 Å². The lowest BCUT2D eigenvalue weighted by Crippen LogP contribution is -2.57. The first-order chi connectivity index (χ1) is 18.2. The third kappa shape index (κ3) is 5.66. The van der Waals surface area contributed by atoms with E-state index in [4.69, 9.17) is 9.47 Å². The lowest BCUT2D eigenvalue weighted by molar-refractivity contribution is -0.146. The van der Waals surface area contributed by atoms with E-state index in [1.807, 2.05) is 24.3 Å². The summed E-state index contributed by atoms with van der Waals surface area (Å²) < 4.78 is 10.6. The summed E-state index contributed by atoms with van der Waals surface area (Å²) >= 11 is 0. The lowest BCUT2D eigenvalue weighted by Gasteiger charge is -2.37. The van der Waals surface area contributed by atoms with Crippen LogP contribution in [0, 0.1) is 5.92 Å². The molecule has 1 saturated carbocycles. The molecule has 0 radical (unpaired) electrons. The molecule has 3 aromatic carbocycles. The number of fused-ring (bicyclic) bond motifs is 1. The van der Waals surface area contributed by atoms with Gasteiger partial charge in [-0.2, -0.15) is 0 Å². The fraction of sp³-hybridized carbons (Fsp3) is 0.345. The number of anilines is 2. The number of hydrogen-bond acceptors (Lipinski definition) is 5. The topological polar surface area (TPSA) is 126 Å². The van der Waals surface area contributed by atoms with Crippen molar-refractivity contribution in [1.82, 2.24) is 5.32 Å². The van der Waals surface area contributed by atoms with Crippen molar-refractivity contribution in [1.29, 1.82) is 0 Å². The highest BCUT2D eigenvalue weighted by Gasteiger charge is 2.43. The number of hydrogen-bond donors (Lipinski definition) is 4. The molecule has 9 nitrogen and oxygen atoms in total. The molecular weight excluding hydrogens is 486 g/mol. The molecular formula is C29H33N3O6. The third-order valence-corrected chi connectivity index (χ3v) is 7.27. The van der Waals surface area contributed by atoms with E-state index >= 15 is 0 Å². The zero-order valence-electron chi connectivity index (χ0n) is 21.8. The van der Waals surface area contributed by atoms with Gasteiger partial charge >= 0.3 is 12.0 Å². The third-order valence-electron chi connectivity index (χ3n) is 7.27. The summed E-state index contributed by atoms with van der Waals surface area (Å²) in [5.74, 6) is -0.845. The Hall–Kier alpha value is -4.27. The number of ether oxygens (including phenoxy) is 2. The molecule has 1 aliphatic carbocycles. The fourth-order valence-electron chi connectivity index (χ4n) is 5.02. The van der Waals surface area contributed by atoms with Crippen LogP contribution in [-0.4, -0.2) is 42.8 Å². The Labute approximate surface area is 221 Å². The molecule has 0 unspecified atom stereocenters. The molecule has 0 bridgehead atoms. The number of urea groups is 1. The van der Waals surface area contributed by atoms with Gasteiger partial charge < -0.3 is 30.5 Å². The second-order valence-corrected chi connectivity index (χ2v) is 9.69. The van der Waals surface area contributed by atoms with Crippen molar-refractivity contribution in [3.05, 3.63) is 60.2 Å². The molecule has 0 aliphatic heterocycles. The summed E-state index contributed by atoms with van der Waals surface area (Å²) in [5, 5.41) is 20.0. The standard InChI is InChI=1S/C29H33N3O6/c1-29(27(34)35,20-11-5-4-6-12-20)32-26(33)22-15-18-9-7-8-10-19(18)16-24(22)31-28(36)30-23-14-13-21(37-2)17-25(23)38-3/h7-10,13-17,20H,4-6,11-12H2,1-3H3,(H,32,33)(H,34,35)(H2,30,31,36)/t29-/m0/s1. The van der Waals surface area contributed by atoms with Gasteiger partial charge in [0.1, 0.15) is 17.0 Å². The minimum absolute atomic E-state index is 0.170. The Morgan fingerprint density at radius 2 is 1.53 bits per heavy atom. The maximum absolute atomic E-state index is 13.6. The van der Waals surface area contributed by atoms with Crippen LogP contribution in [-0.2, 0) is 4.79 Å². The van der Waals surface area contributed by atoms with Crippen LogP contribution in [0.5, 0.6) is 11.5 Å². The van der Waals surface area contributed by atoms with Gasteiger partial charge in [-0.25, -0.2) is 9.59 Å². The molecule has 38 heavy (non-hydrogen) atoms. The molecule has 0 aromatic heterocycles. The smallest absolute Gasteiger partial charge is 0.329 e. The van der Waals surface area contributed by atoms with Crippen molar-refractivity contribution >= 4 is 40.1 Å². The van der Waals surface area contributed by atoms with E-state index < -0.39 is 23.4 Å². The second kappa shape index (κ2) is 11.4. The molecule has 0 spiro atoms. The largest absolute Gasteiger partial charge is 0.497 e. The second-order valence-electron chi connectivity index (χ2n) is 9.69. The summed E-state index contributed by atoms with van der Waals surface area (Å²) in [6.45, 7) is 1.57. The molecule has 0 saturated heterocycles. The van der Waals surface area contributed by atoms with Crippen LogP contribution in [0.25, 0.3) is 10.8 Å². The molecule has 9 heteroatoms. The first-order valence-corrected chi connectivity index (χ1v) is 12.6. The van der Waals surface area contributed by atoms with Crippen LogP contribution >= 0.6 is 0 Å². The zero-order valence-corrected chi connectivity index (χ0v) is 21.8. The van der Waals surface area contributed by atoms with Gasteiger partial charge in [-0.05, 0) is 60.7 Å². The van der Waals surface area contributed by atoms with Crippen LogP contribution in [0.1, 0.15) is 49.4 Å². The highest BCUT2D eigenvalue weighted by molar-refractivity contribution is 6.10. The van der Waals surface area contributed by atoms with Crippen LogP contribution in [0.4, 0.5) is 16.2 Å². The molecule has 1 fully saturated rings. The van der Waals surface area contributed by atoms with Crippen molar-refractivity contribution in [3.8, 4) is 11.5 Å². The lowest BCUT2D eigenvalue weighted by atomic mass is 9.75. The van der Waals surface area contributed by atoms with E-state index in [0.29, 0.717) is 17.2 Å². The summed E-state index contributed by atoms with van der Waals surface area (Å²) in [4.78, 5) is 39.0. The Kier molecular flexibility index (Phi) is 8.05. The molecule has 4 N–H and O–H groups in total. The van der Waals surface area contributed by atoms with Gasteiger partial charge in [-0.3, -0.25) is 4.79 Å². The molecule has 3 amide bonds. The predicted octanol–water partition coefficient (Wildman–Crippen LogP) is 5.65. The summed E-state index contributed by atoms with van der Waals surface area (Å²) in [7, 11) is 3.01. The normalized spacial score (nSPS) is 15.2. The Balaban J connectivity index is 1.64. The van der Waals surface area contributed by atoms with E-state index in [1.54, 1.807) is 37.3 Å². The quantitative estimate of drug-likeness (QED) is 0.305. The summed E-state index contributed by atoms with van der Waals surface area (Å²) in [5.41, 5.74) is -0.598. The van der Waals surface area contributed by atoms with E-state index in [1.165, 1.54) is 14.2 Å². The van der Waals surface area contributed by atoms with Gasteiger partial charge in [0.15, 0.2) is 0 Å². The highest BCUT2D eigenvalue weighted by atomic mass is 16.5. The number of rotatable bonds is 8. The number of methoxy groups -OCH3 is 2. The van der Waals surface area contributed by atoms with Gasteiger partial charge in [0, 0.05) is 6.07 Å². The average Bonchev–Trinajstić information content (AvgIpc) is 2.93. The molecule has 3 aromatic rings. The van der Waals surface area contributed by atoms with Gasteiger partial charge in [0.2, 0.25) is 0 Å². The van der Waals surface area contributed by atoms with Gasteiger partial charge in [0.25, 0.3) is 5.91 Å². The number of carbonyl (C=O) groups is 3. The Morgan fingerprint density at radius 3 is 2.16 bits per heavy atom. The number of nitrogens with one attached hydrogen (secondary N) is 3. The predicted molar refractivity (Wildman–Crippen MR) is 146 cm³/mol. The van der Waals surface area contributed by atoms with E-state index in [-0.39, 0.29) is 17.2 Å². The number of aliphatic carboxylic acids is 1. The fourth-order valence-corrected chi connectivity index (χ4v) is 5.02. The van der Waals surface area contributed by atoms with Crippen molar-refractivity contribution < 1.29 is 29.0 Å². The first kappa shape index (κ1) is 26.8. The van der Waals surface area contributed by atoms with Crippen LogP contribution < -0.4 is 25.4 Å². The van der Waals surface area contributed by atoms with E-state index in [2.05, 4.69) is 16.0 Å². The van der Waals surface area contributed by atoms with Crippen molar-refractivity contribution in [2.75, 3.05) is 24.9 Å². The molecule has 1 aliphatic rings. The van der Waals surface area contributed by atoms with Gasteiger partial charge in [0.05, 0.1) is 31.2 Å². The van der Waals surface area contributed by atoms with Crippen LogP contribution in [0.15, 0.2) is 54.6 Å². The van der Waals surface area contributed by atoms with E-state index in [9.17, 15) is 19.5 Å². The molecule has 4 rings (SSSR count). The zero-order chi connectivity index (χ0) is 27.3. The average molecular weight is 520 g/mol. The number of benzene rings is 3. The van der Waals surface area contributed by atoms with Crippen LogP contribution in [0.3, 0.4) is 0 Å². The SMILES string of the molecule is COc1ccc(NC(=O)Nc2cc3ccccc3cc2C(=O)N[C@](C)(C(=O)O)C2CCCCC2)c(OC)c1. The monoisotopic (exact) mass is 519 g/mol. The van der Waals surface area contributed by atoms with Crippen molar-refractivity contribution in [2.45, 2.75) is 44.6 Å². The highest BCUT2D eigenvalue weighted by Crippen LogP contribution is 2.34. The number of amides is 3. The number of carbonyl (C=O) groups excluding carboxylic acids is 2. The van der Waals surface area contributed by atoms with Crippen molar-refractivity contribution in [2.24, 2.45) is 5.92 Å². The van der Waals surface area contributed by atoms with Gasteiger partial charge in [-0.15, -0.1) is 0 Å². The minimum Gasteiger partial charge on any atom is -0.497 e. The van der Waals surface area contributed by atoms with Gasteiger partial charge in [-0.1, -0.05) is 43.5 Å². The Bertz CT molecular complexity index is 1350. The molecule has 0 heterocycles. The minimum atomic E-state index is -1.43. The number of carboxylic acid groups (broad SMARTS) is 1. The first-order valence-electron chi connectivity index (χ1n) is 12.6. The maximum atomic E-state index is 13.6. The van der Waals surface area contributed by atoms with Crippen molar-refractivity contribution in [3.63, 3.8) is 0 Å². The molecule has 1 atom stereocenters. The Morgan fingerprint density at radius 1 is 0.868 bits per heavy atom. The number of carboxylic acids is 1.